The molecule has 0 rings (SSSR count). The molecule has 1 amide bonds. The quantitative estimate of drug-likeness (QED) is 0.321. The van der Waals surface area contributed by atoms with Crippen LogP contribution in [0.3, 0.4) is 0 Å². The normalized spacial score (nSPS) is 10.2. The number of esters is 2. The summed E-state index contributed by atoms with van der Waals surface area (Å²) in [5.74, 6) is -2.35. The van der Waals surface area contributed by atoms with E-state index in [2.05, 4.69) is 5.32 Å². The van der Waals surface area contributed by atoms with Crippen LogP contribution in [0, 0.1) is 0 Å². The van der Waals surface area contributed by atoms with Crippen molar-refractivity contribution in [2.45, 2.75) is 19.9 Å². The number of amides is 1. The summed E-state index contributed by atoms with van der Waals surface area (Å²) >= 11 is 0. The molecular formula is C12H21NO7. The van der Waals surface area contributed by atoms with Gasteiger partial charge in [-0.1, -0.05) is 0 Å². The lowest BCUT2D eigenvalue weighted by atomic mass is 10.3. The van der Waals surface area contributed by atoms with E-state index in [0.717, 1.165) is 0 Å². The molecule has 0 unspecified atom stereocenters. The fourth-order valence-corrected chi connectivity index (χ4v) is 1.18. The molecule has 0 bridgehead atoms. The average molecular weight is 291 g/mol. The van der Waals surface area contributed by atoms with Crippen LogP contribution < -0.4 is 5.32 Å². The van der Waals surface area contributed by atoms with Crippen LogP contribution in [0.15, 0.2) is 0 Å². The monoisotopic (exact) mass is 291 g/mol. The number of ether oxygens (including phenoxy) is 4. The Morgan fingerprint density at radius 1 is 1.00 bits per heavy atom. The third-order valence-electron chi connectivity index (χ3n) is 2.01. The van der Waals surface area contributed by atoms with Crippen molar-refractivity contribution in [3.63, 3.8) is 0 Å². The van der Waals surface area contributed by atoms with E-state index in [0.29, 0.717) is 6.61 Å². The van der Waals surface area contributed by atoms with E-state index in [1.807, 2.05) is 0 Å². The second kappa shape index (κ2) is 11.2. The predicted octanol–water partition coefficient (Wildman–Crippen LogP) is -0.740. The maximum absolute atomic E-state index is 11.6. The van der Waals surface area contributed by atoms with E-state index in [1.165, 1.54) is 7.11 Å². The molecule has 8 heteroatoms. The Balaban J connectivity index is 4.36. The molecule has 0 atom stereocenters. The molecule has 0 fully saturated rings. The van der Waals surface area contributed by atoms with Crippen molar-refractivity contribution in [2.75, 3.05) is 40.1 Å². The minimum atomic E-state index is -1.48. The molecule has 0 aromatic carbocycles. The van der Waals surface area contributed by atoms with Gasteiger partial charge in [-0.05, 0) is 13.8 Å². The first-order chi connectivity index (χ1) is 9.56. The Morgan fingerprint density at radius 3 is 2.00 bits per heavy atom. The second-order valence-electron chi connectivity index (χ2n) is 3.55. The SMILES string of the molecule is CCOC(=O)C(NC(=O)COCCOC)C(=O)OCC. The minimum absolute atomic E-state index is 0.0922. The third-order valence-corrected chi connectivity index (χ3v) is 2.01. The van der Waals surface area contributed by atoms with Crippen molar-refractivity contribution < 1.29 is 33.3 Å². The zero-order valence-electron chi connectivity index (χ0n) is 12.0. The molecule has 116 valence electrons. The summed E-state index contributed by atoms with van der Waals surface area (Å²) in [4.78, 5) is 34.7. The molecule has 0 spiro atoms. The topological polar surface area (TPSA) is 100 Å². The van der Waals surface area contributed by atoms with E-state index in [1.54, 1.807) is 13.8 Å². The lowest BCUT2D eigenvalue weighted by Crippen LogP contribution is -2.49. The zero-order valence-corrected chi connectivity index (χ0v) is 12.0. The van der Waals surface area contributed by atoms with E-state index < -0.39 is 23.9 Å². The lowest BCUT2D eigenvalue weighted by molar-refractivity contribution is -0.160. The molecule has 0 aromatic heterocycles. The highest BCUT2D eigenvalue weighted by molar-refractivity contribution is 6.02. The van der Waals surface area contributed by atoms with Gasteiger partial charge in [0.05, 0.1) is 26.4 Å². The second-order valence-corrected chi connectivity index (χ2v) is 3.55. The summed E-state index contributed by atoms with van der Waals surface area (Å²) in [5.41, 5.74) is 0. The van der Waals surface area contributed by atoms with Gasteiger partial charge in [-0.2, -0.15) is 0 Å². The number of methoxy groups -OCH3 is 1. The Bertz CT molecular complexity index is 301. The van der Waals surface area contributed by atoms with Crippen molar-refractivity contribution in [3.05, 3.63) is 0 Å². The molecule has 0 aliphatic carbocycles. The Morgan fingerprint density at radius 2 is 1.55 bits per heavy atom. The fraction of sp³-hybridized carbons (Fsp3) is 0.750. The fourth-order valence-electron chi connectivity index (χ4n) is 1.18. The van der Waals surface area contributed by atoms with Gasteiger partial charge in [0, 0.05) is 7.11 Å². The van der Waals surface area contributed by atoms with E-state index in [-0.39, 0.29) is 26.4 Å². The Hall–Kier alpha value is -1.67. The van der Waals surface area contributed by atoms with Gasteiger partial charge in [-0.15, -0.1) is 0 Å². The van der Waals surface area contributed by atoms with Gasteiger partial charge in [0.25, 0.3) is 0 Å². The van der Waals surface area contributed by atoms with E-state index in [4.69, 9.17) is 18.9 Å². The predicted molar refractivity (Wildman–Crippen MR) is 67.9 cm³/mol. The first-order valence-electron chi connectivity index (χ1n) is 6.26. The van der Waals surface area contributed by atoms with Crippen LogP contribution >= 0.6 is 0 Å². The van der Waals surface area contributed by atoms with Gasteiger partial charge in [0.1, 0.15) is 6.61 Å². The van der Waals surface area contributed by atoms with Crippen LogP contribution in [0.25, 0.3) is 0 Å². The summed E-state index contributed by atoms with van der Waals surface area (Å²) in [6, 6.07) is -1.48. The van der Waals surface area contributed by atoms with Crippen molar-refractivity contribution in [1.82, 2.24) is 5.32 Å². The number of nitrogens with one attached hydrogen (secondary N) is 1. The van der Waals surface area contributed by atoms with Gasteiger partial charge >= 0.3 is 11.9 Å². The minimum Gasteiger partial charge on any atom is -0.464 e. The summed E-state index contributed by atoms with van der Waals surface area (Å²) in [6.45, 7) is 3.65. The molecule has 0 aliphatic rings. The summed E-state index contributed by atoms with van der Waals surface area (Å²) in [6.07, 6.45) is 0. The number of carbonyl (C=O) groups is 3. The summed E-state index contributed by atoms with van der Waals surface area (Å²) in [7, 11) is 1.50. The van der Waals surface area contributed by atoms with E-state index in [9.17, 15) is 14.4 Å². The molecular weight excluding hydrogens is 270 g/mol. The Labute approximate surface area is 117 Å². The van der Waals surface area contributed by atoms with Gasteiger partial charge < -0.3 is 24.3 Å². The molecule has 1 N–H and O–H groups in total. The summed E-state index contributed by atoms with van der Waals surface area (Å²) in [5, 5.41) is 2.21. The number of carbonyl (C=O) groups excluding carboxylic acids is 3. The van der Waals surface area contributed by atoms with Gasteiger partial charge in [0.2, 0.25) is 11.9 Å². The van der Waals surface area contributed by atoms with Crippen molar-refractivity contribution in [1.29, 1.82) is 0 Å². The van der Waals surface area contributed by atoms with Crippen LogP contribution in [0.4, 0.5) is 0 Å². The van der Waals surface area contributed by atoms with Crippen molar-refractivity contribution in [3.8, 4) is 0 Å². The molecule has 0 aliphatic heterocycles. The first-order valence-corrected chi connectivity index (χ1v) is 6.26. The smallest absolute Gasteiger partial charge is 0.340 e. The summed E-state index contributed by atoms with van der Waals surface area (Å²) < 4.78 is 19.1. The Kier molecular flexibility index (Phi) is 10.2. The maximum Gasteiger partial charge on any atom is 0.340 e. The molecule has 0 aromatic rings. The van der Waals surface area contributed by atoms with Crippen LogP contribution in [0.2, 0.25) is 0 Å². The lowest BCUT2D eigenvalue weighted by Gasteiger charge is -2.15. The first kappa shape index (κ1) is 18.3. The maximum atomic E-state index is 11.6. The van der Waals surface area contributed by atoms with Crippen LogP contribution in [0.5, 0.6) is 0 Å². The molecule has 0 saturated carbocycles. The molecule has 0 radical (unpaired) electrons. The van der Waals surface area contributed by atoms with Crippen LogP contribution in [0.1, 0.15) is 13.8 Å². The van der Waals surface area contributed by atoms with E-state index >= 15 is 0 Å². The van der Waals surface area contributed by atoms with Gasteiger partial charge in [-0.25, -0.2) is 9.59 Å². The molecule has 20 heavy (non-hydrogen) atoms. The van der Waals surface area contributed by atoms with Crippen molar-refractivity contribution >= 4 is 17.8 Å². The highest BCUT2D eigenvalue weighted by Gasteiger charge is 2.31. The highest BCUT2D eigenvalue weighted by Crippen LogP contribution is 1.95. The van der Waals surface area contributed by atoms with Crippen LogP contribution in [-0.2, 0) is 33.3 Å². The molecule has 8 nitrogen and oxygen atoms in total. The van der Waals surface area contributed by atoms with Crippen molar-refractivity contribution in [2.24, 2.45) is 0 Å². The third kappa shape index (κ3) is 7.70. The largest absolute Gasteiger partial charge is 0.464 e. The number of hydrogen-bond donors (Lipinski definition) is 1. The standard InChI is InChI=1S/C12H21NO7/c1-4-19-11(15)10(12(16)20-5-2)13-9(14)8-18-7-6-17-3/h10H,4-8H2,1-3H3,(H,13,14). The number of hydrogen-bond acceptors (Lipinski definition) is 7. The molecule has 0 heterocycles. The molecule has 0 saturated heterocycles. The van der Waals surface area contributed by atoms with Gasteiger partial charge in [0.15, 0.2) is 0 Å². The average Bonchev–Trinajstić information content (AvgIpc) is 2.41. The zero-order chi connectivity index (χ0) is 15.4. The van der Waals surface area contributed by atoms with Gasteiger partial charge in [-0.3, -0.25) is 4.79 Å². The highest BCUT2D eigenvalue weighted by atomic mass is 16.6. The number of rotatable bonds is 10. The van der Waals surface area contributed by atoms with Crippen LogP contribution in [-0.4, -0.2) is 64.0 Å².